The fourth-order valence-electron chi connectivity index (χ4n) is 2.33. The van der Waals surface area contributed by atoms with Gasteiger partial charge < -0.3 is 15.2 Å². The SMILES string of the molecule is CC1CCOC1C(=O)NCC1(CCO)CC1. The van der Waals surface area contributed by atoms with E-state index in [1.54, 1.807) is 0 Å². The second-order valence-electron chi connectivity index (χ2n) is 5.25. The van der Waals surface area contributed by atoms with Crippen LogP contribution in [0.2, 0.25) is 0 Å². The number of hydrogen-bond donors (Lipinski definition) is 2. The summed E-state index contributed by atoms with van der Waals surface area (Å²) in [5.41, 5.74) is 0.187. The van der Waals surface area contributed by atoms with E-state index in [9.17, 15) is 4.79 Å². The van der Waals surface area contributed by atoms with Crippen LogP contribution in [0, 0.1) is 11.3 Å². The molecule has 0 spiro atoms. The van der Waals surface area contributed by atoms with E-state index in [4.69, 9.17) is 9.84 Å². The third kappa shape index (κ3) is 2.55. The van der Waals surface area contributed by atoms with Gasteiger partial charge in [-0.25, -0.2) is 0 Å². The second kappa shape index (κ2) is 4.72. The van der Waals surface area contributed by atoms with E-state index in [1.165, 1.54) is 0 Å². The van der Waals surface area contributed by atoms with Gasteiger partial charge in [0, 0.05) is 19.8 Å². The molecule has 2 rings (SSSR count). The maximum atomic E-state index is 11.8. The van der Waals surface area contributed by atoms with Gasteiger partial charge in [0.05, 0.1) is 0 Å². The van der Waals surface area contributed by atoms with Crippen LogP contribution in [0.5, 0.6) is 0 Å². The van der Waals surface area contributed by atoms with E-state index in [1.807, 2.05) is 0 Å². The zero-order chi connectivity index (χ0) is 11.6. The van der Waals surface area contributed by atoms with E-state index in [0.717, 1.165) is 25.7 Å². The molecule has 1 amide bonds. The van der Waals surface area contributed by atoms with Gasteiger partial charge in [0.15, 0.2) is 0 Å². The zero-order valence-electron chi connectivity index (χ0n) is 9.87. The normalized spacial score (nSPS) is 31.4. The Hall–Kier alpha value is -0.610. The molecule has 0 aromatic carbocycles. The number of rotatable bonds is 5. The molecule has 2 atom stereocenters. The minimum absolute atomic E-state index is 0.0224. The number of aliphatic hydroxyl groups excluding tert-OH is 1. The maximum absolute atomic E-state index is 11.8. The first-order valence-electron chi connectivity index (χ1n) is 6.17. The smallest absolute Gasteiger partial charge is 0.249 e. The quantitative estimate of drug-likeness (QED) is 0.726. The molecule has 0 radical (unpaired) electrons. The molecule has 16 heavy (non-hydrogen) atoms. The lowest BCUT2D eigenvalue weighted by molar-refractivity contribution is -0.131. The topological polar surface area (TPSA) is 58.6 Å². The van der Waals surface area contributed by atoms with Crippen LogP contribution in [0.3, 0.4) is 0 Å². The van der Waals surface area contributed by atoms with Crippen molar-refractivity contribution in [1.82, 2.24) is 5.32 Å². The molecule has 2 unspecified atom stereocenters. The van der Waals surface area contributed by atoms with Gasteiger partial charge in [-0.2, -0.15) is 0 Å². The number of hydrogen-bond acceptors (Lipinski definition) is 3. The van der Waals surface area contributed by atoms with Gasteiger partial charge >= 0.3 is 0 Å². The fraction of sp³-hybridized carbons (Fsp3) is 0.917. The first-order valence-corrected chi connectivity index (χ1v) is 6.17. The van der Waals surface area contributed by atoms with Crippen LogP contribution in [-0.4, -0.2) is 36.9 Å². The Morgan fingerprint density at radius 1 is 1.56 bits per heavy atom. The van der Waals surface area contributed by atoms with Gasteiger partial charge in [-0.05, 0) is 37.0 Å². The molecule has 1 aliphatic heterocycles. The molecule has 2 fully saturated rings. The molecule has 2 N–H and O–H groups in total. The van der Waals surface area contributed by atoms with Crippen LogP contribution in [0.15, 0.2) is 0 Å². The third-order valence-electron chi connectivity index (χ3n) is 3.88. The van der Waals surface area contributed by atoms with Crippen molar-refractivity contribution < 1.29 is 14.6 Å². The average Bonchev–Trinajstić information content (AvgIpc) is 2.89. The lowest BCUT2D eigenvalue weighted by Gasteiger charge is -2.18. The van der Waals surface area contributed by atoms with Gasteiger partial charge in [-0.3, -0.25) is 4.79 Å². The van der Waals surface area contributed by atoms with Gasteiger partial charge in [0.1, 0.15) is 6.10 Å². The summed E-state index contributed by atoms with van der Waals surface area (Å²) in [6, 6.07) is 0. The molecule has 1 saturated carbocycles. The Kier molecular flexibility index (Phi) is 3.50. The van der Waals surface area contributed by atoms with Gasteiger partial charge in [-0.15, -0.1) is 0 Å². The summed E-state index contributed by atoms with van der Waals surface area (Å²) in [7, 11) is 0. The minimum Gasteiger partial charge on any atom is -0.396 e. The summed E-state index contributed by atoms with van der Waals surface area (Å²) >= 11 is 0. The molecular weight excluding hydrogens is 206 g/mol. The van der Waals surface area contributed by atoms with Crippen LogP contribution >= 0.6 is 0 Å². The molecule has 0 bridgehead atoms. The number of carbonyl (C=O) groups is 1. The molecule has 1 heterocycles. The Labute approximate surface area is 96.4 Å². The minimum atomic E-state index is -0.259. The monoisotopic (exact) mass is 227 g/mol. The van der Waals surface area contributed by atoms with Crippen molar-refractivity contribution in [2.24, 2.45) is 11.3 Å². The van der Waals surface area contributed by atoms with Crippen LogP contribution < -0.4 is 5.32 Å². The van der Waals surface area contributed by atoms with Crippen molar-refractivity contribution in [3.8, 4) is 0 Å². The summed E-state index contributed by atoms with van der Waals surface area (Å²) in [5.74, 6) is 0.349. The summed E-state index contributed by atoms with van der Waals surface area (Å²) in [6.07, 6.45) is 3.75. The number of ether oxygens (including phenoxy) is 1. The molecule has 4 heteroatoms. The van der Waals surface area contributed by atoms with Crippen molar-refractivity contribution in [1.29, 1.82) is 0 Å². The highest BCUT2D eigenvalue weighted by Gasteiger charge is 2.42. The molecule has 1 aliphatic carbocycles. The standard InChI is InChI=1S/C12H21NO3/c1-9-2-7-16-10(9)11(15)13-8-12(3-4-12)5-6-14/h9-10,14H,2-8H2,1H3,(H,13,15). The van der Waals surface area contributed by atoms with E-state index < -0.39 is 0 Å². The first-order chi connectivity index (χ1) is 7.67. The highest BCUT2D eigenvalue weighted by molar-refractivity contribution is 5.81. The number of nitrogens with one attached hydrogen (secondary N) is 1. The Balaban J connectivity index is 1.75. The fourth-order valence-corrected chi connectivity index (χ4v) is 2.33. The predicted octanol–water partition coefficient (Wildman–Crippen LogP) is 0.690. The lowest BCUT2D eigenvalue weighted by Crippen LogP contribution is -2.40. The second-order valence-corrected chi connectivity index (χ2v) is 5.25. The van der Waals surface area contributed by atoms with Crippen molar-refractivity contribution in [3.05, 3.63) is 0 Å². The average molecular weight is 227 g/mol. The number of amides is 1. The first kappa shape index (κ1) is 11.9. The maximum Gasteiger partial charge on any atom is 0.249 e. The van der Waals surface area contributed by atoms with Crippen LogP contribution in [-0.2, 0) is 9.53 Å². The summed E-state index contributed by atoms with van der Waals surface area (Å²) in [6.45, 7) is 3.66. The van der Waals surface area contributed by atoms with E-state index >= 15 is 0 Å². The molecule has 0 aromatic rings. The van der Waals surface area contributed by atoms with Gasteiger partial charge in [0.25, 0.3) is 0 Å². The highest BCUT2D eigenvalue weighted by atomic mass is 16.5. The highest BCUT2D eigenvalue weighted by Crippen LogP contribution is 2.47. The van der Waals surface area contributed by atoms with E-state index in [-0.39, 0.29) is 24.0 Å². The van der Waals surface area contributed by atoms with Crippen molar-refractivity contribution >= 4 is 5.91 Å². The molecular formula is C12H21NO3. The molecule has 1 saturated heterocycles. The zero-order valence-corrected chi connectivity index (χ0v) is 9.87. The van der Waals surface area contributed by atoms with Crippen LogP contribution in [0.4, 0.5) is 0 Å². The van der Waals surface area contributed by atoms with E-state index in [2.05, 4.69) is 12.2 Å². The van der Waals surface area contributed by atoms with Gasteiger partial charge in [-0.1, -0.05) is 6.92 Å². The molecule has 0 aromatic heterocycles. The Morgan fingerprint density at radius 2 is 2.31 bits per heavy atom. The Morgan fingerprint density at radius 3 is 2.81 bits per heavy atom. The predicted molar refractivity (Wildman–Crippen MR) is 59.9 cm³/mol. The van der Waals surface area contributed by atoms with Crippen LogP contribution in [0.1, 0.15) is 32.6 Å². The summed E-state index contributed by atoms with van der Waals surface area (Å²) in [5, 5.41) is 11.9. The lowest BCUT2D eigenvalue weighted by atomic mass is 10.0. The van der Waals surface area contributed by atoms with Crippen molar-refractivity contribution in [2.75, 3.05) is 19.8 Å². The number of carbonyl (C=O) groups excluding carboxylic acids is 1. The van der Waals surface area contributed by atoms with Gasteiger partial charge in [0.2, 0.25) is 5.91 Å². The van der Waals surface area contributed by atoms with Crippen LogP contribution in [0.25, 0.3) is 0 Å². The number of aliphatic hydroxyl groups is 1. The Bertz CT molecular complexity index is 263. The molecule has 2 aliphatic rings. The molecule has 92 valence electrons. The largest absolute Gasteiger partial charge is 0.396 e. The van der Waals surface area contributed by atoms with Crippen molar-refractivity contribution in [2.45, 2.75) is 38.7 Å². The third-order valence-corrected chi connectivity index (χ3v) is 3.88. The van der Waals surface area contributed by atoms with E-state index in [0.29, 0.717) is 19.1 Å². The molecule has 4 nitrogen and oxygen atoms in total. The summed E-state index contributed by atoms with van der Waals surface area (Å²) in [4.78, 5) is 11.8. The summed E-state index contributed by atoms with van der Waals surface area (Å²) < 4.78 is 5.41. The van der Waals surface area contributed by atoms with Crippen molar-refractivity contribution in [3.63, 3.8) is 0 Å².